The Hall–Kier alpha value is -3.06. The first kappa shape index (κ1) is 18.7. The summed E-state index contributed by atoms with van der Waals surface area (Å²) < 4.78 is 5.68. The number of nitrogens with zero attached hydrogens (tertiary/aromatic N) is 2. The molecule has 3 rings (SSSR count). The molecule has 6 nitrogen and oxygen atoms in total. The Morgan fingerprint density at radius 2 is 1.89 bits per heavy atom. The van der Waals surface area contributed by atoms with Crippen molar-refractivity contribution in [2.75, 3.05) is 26.0 Å². The first-order chi connectivity index (χ1) is 13.1. The topological polar surface area (TPSA) is 71.0 Å². The minimum Gasteiger partial charge on any atom is -0.483 e. The Bertz CT molecular complexity index is 910. The van der Waals surface area contributed by atoms with Crippen molar-refractivity contribution >= 4 is 40.5 Å². The van der Waals surface area contributed by atoms with Crippen molar-refractivity contribution in [2.24, 2.45) is 4.99 Å². The summed E-state index contributed by atoms with van der Waals surface area (Å²) in [6, 6.07) is 16.5. The molecule has 0 spiro atoms. The molecule has 0 aromatic heterocycles. The zero-order valence-electron chi connectivity index (χ0n) is 15.0. The summed E-state index contributed by atoms with van der Waals surface area (Å²) in [4.78, 5) is 30.6. The van der Waals surface area contributed by atoms with Crippen molar-refractivity contribution in [1.82, 2.24) is 4.90 Å². The van der Waals surface area contributed by atoms with Gasteiger partial charge in [-0.25, -0.2) is 0 Å². The molecule has 27 heavy (non-hydrogen) atoms. The van der Waals surface area contributed by atoms with Gasteiger partial charge >= 0.3 is 0 Å². The van der Waals surface area contributed by atoms with E-state index in [2.05, 4.69) is 10.3 Å². The molecule has 0 radical (unpaired) electrons. The molecule has 1 aliphatic heterocycles. The molecule has 2 aromatic rings. The fourth-order valence-electron chi connectivity index (χ4n) is 2.48. The lowest BCUT2D eigenvalue weighted by molar-refractivity contribution is -0.121. The molecule has 1 fully saturated rings. The summed E-state index contributed by atoms with van der Waals surface area (Å²) in [5, 5.41) is 3.42. The number of carbonyl (C=O) groups excluding carboxylic acids is 2. The third-order valence-electron chi connectivity index (χ3n) is 3.82. The van der Waals surface area contributed by atoms with Crippen LogP contribution in [0.5, 0.6) is 5.75 Å². The van der Waals surface area contributed by atoms with Crippen molar-refractivity contribution in [3.05, 3.63) is 65.1 Å². The molecule has 1 saturated heterocycles. The van der Waals surface area contributed by atoms with Gasteiger partial charge in [-0.1, -0.05) is 36.4 Å². The molecular weight excluding hydrogens is 362 g/mol. The highest BCUT2D eigenvalue weighted by Gasteiger charge is 2.29. The van der Waals surface area contributed by atoms with E-state index in [9.17, 15) is 9.59 Å². The molecule has 0 aliphatic carbocycles. The van der Waals surface area contributed by atoms with Crippen LogP contribution in [0.2, 0.25) is 0 Å². The van der Waals surface area contributed by atoms with E-state index in [4.69, 9.17) is 4.74 Å². The standard InChI is InChI=1S/C20H19N3O3S/c1-21-20-23(2)19(25)17(27-20)12-14-8-6-7-11-16(14)26-13-18(24)22-15-9-4-3-5-10-15/h3-12H,13H2,1-2H3,(H,22,24)/b17-12-,21-20?. The SMILES string of the molecule is CN=C1S/C(=C\c2ccccc2OCC(=O)Nc2ccccc2)C(=O)N1C. The van der Waals surface area contributed by atoms with E-state index in [0.29, 0.717) is 21.5 Å². The fourth-order valence-corrected chi connectivity index (χ4v) is 3.40. The average molecular weight is 381 g/mol. The van der Waals surface area contributed by atoms with Crippen molar-refractivity contribution in [1.29, 1.82) is 0 Å². The molecule has 7 heteroatoms. The summed E-state index contributed by atoms with van der Waals surface area (Å²) in [5.41, 5.74) is 1.44. The summed E-state index contributed by atoms with van der Waals surface area (Å²) in [5.74, 6) is 0.165. The normalized spacial score (nSPS) is 16.8. The van der Waals surface area contributed by atoms with Crippen LogP contribution in [0, 0.1) is 0 Å². The molecule has 1 N–H and O–H groups in total. The summed E-state index contributed by atoms with van der Waals surface area (Å²) in [6.45, 7) is -0.127. The zero-order chi connectivity index (χ0) is 19.2. The van der Waals surface area contributed by atoms with Crippen LogP contribution in [0.4, 0.5) is 5.69 Å². The Labute approximate surface area is 161 Å². The van der Waals surface area contributed by atoms with Crippen LogP contribution in [0.3, 0.4) is 0 Å². The van der Waals surface area contributed by atoms with Crippen molar-refractivity contribution < 1.29 is 14.3 Å². The number of hydrogen-bond donors (Lipinski definition) is 1. The monoisotopic (exact) mass is 381 g/mol. The first-order valence-electron chi connectivity index (χ1n) is 8.29. The fraction of sp³-hybridized carbons (Fsp3) is 0.150. The second-order valence-electron chi connectivity index (χ2n) is 5.72. The second-order valence-corrected chi connectivity index (χ2v) is 6.73. The average Bonchev–Trinajstić information content (AvgIpc) is 2.96. The van der Waals surface area contributed by atoms with Crippen LogP contribution in [0.15, 0.2) is 64.5 Å². The molecule has 1 aliphatic rings. The number of carbonyl (C=O) groups is 2. The van der Waals surface area contributed by atoms with Crippen LogP contribution in [-0.4, -0.2) is 42.6 Å². The van der Waals surface area contributed by atoms with Gasteiger partial charge in [0.25, 0.3) is 11.8 Å². The van der Waals surface area contributed by atoms with Gasteiger partial charge < -0.3 is 10.1 Å². The van der Waals surface area contributed by atoms with Crippen LogP contribution >= 0.6 is 11.8 Å². The third kappa shape index (κ3) is 4.57. The zero-order valence-corrected chi connectivity index (χ0v) is 15.8. The number of amides is 2. The molecule has 0 bridgehead atoms. The number of likely N-dealkylation sites (N-methyl/N-ethyl adjacent to an activating group) is 1. The third-order valence-corrected chi connectivity index (χ3v) is 4.97. The van der Waals surface area contributed by atoms with Gasteiger partial charge in [-0.15, -0.1) is 0 Å². The minimum atomic E-state index is -0.255. The van der Waals surface area contributed by atoms with Crippen molar-refractivity contribution in [2.45, 2.75) is 0 Å². The maximum absolute atomic E-state index is 12.3. The van der Waals surface area contributed by atoms with Gasteiger partial charge in [-0.3, -0.25) is 19.5 Å². The number of nitrogens with one attached hydrogen (secondary N) is 1. The van der Waals surface area contributed by atoms with E-state index in [1.54, 1.807) is 26.2 Å². The van der Waals surface area contributed by atoms with Crippen molar-refractivity contribution in [3.8, 4) is 5.75 Å². The number of aliphatic imine (C=N–C) groups is 1. The number of anilines is 1. The molecule has 2 amide bonds. The van der Waals surface area contributed by atoms with Crippen LogP contribution in [-0.2, 0) is 9.59 Å². The first-order valence-corrected chi connectivity index (χ1v) is 9.11. The maximum atomic E-state index is 12.3. The highest BCUT2D eigenvalue weighted by Crippen LogP contribution is 2.33. The number of rotatable bonds is 5. The Morgan fingerprint density at radius 1 is 1.19 bits per heavy atom. The van der Waals surface area contributed by atoms with Gasteiger partial charge in [0.2, 0.25) is 0 Å². The van der Waals surface area contributed by atoms with E-state index in [0.717, 1.165) is 5.56 Å². The van der Waals surface area contributed by atoms with Gasteiger partial charge in [0.05, 0.1) is 4.91 Å². The summed E-state index contributed by atoms with van der Waals surface area (Å²) in [7, 11) is 3.34. The maximum Gasteiger partial charge on any atom is 0.266 e. The van der Waals surface area contributed by atoms with Gasteiger partial charge in [-0.2, -0.15) is 0 Å². The quantitative estimate of drug-likeness (QED) is 0.807. The number of amidine groups is 1. The molecule has 0 unspecified atom stereocenters. The van der Waals surface area contributed by atoms with Gasteiger partial charge in [0, 0.05) is 25.3 Å². The Morgan fingerprint density at radius 3 is 2.59 bits per heavy atom. The molecule has 0 saturated carbocycles. The van der Waals surface area contributed by atoms with Gasteiger partial charge in [-0.05, 0) is 36.0 Å². The predicted molar refractivity (Wildman–Crippen MR) is 109 cm³/mol. The molecule has 2 aromatic carbocycles. The number of hydrogen-bond acceptors (Lipinski definition) is 5. The molecular formula is C20H19N3O3S. The molecule has 138 valence electrons. The van der Waals surface area contributed by atoms with E-state index in [-0.39, 0.29) is 18.4 Å². The number of thioether (sulfide) groups is 1. The van der Waals surface area contributed by atoms with E-state index >= 15 is 0 Å². The van der Waals surface area contributed by atoms with Crippen LogP contribution in [0.25, 0.3) is 6.08 Å². The van der Waals surface area contributed by atoms with Crippen LogP contribution in [0.1, 0.15) is 5.56 Å². The van der Waals surface area contributed by atoms with Crippen molar-refractivity contribution in [3.63, 3.8) is 0 Å². The summed E-state index contributed by atoms with van der Waals surface area (Å²) >= 11 is 1.31. The van der Waals surface area contributed by atoms with Crippen LogP contribution < -0.4 is 10.1 Å². The predicted octanol–water partition coefficient (Wildman–Crippen LogP) is 3.24. The largest absolute Gasteiger partial charge is 0.483 e. The Kier molecular flexibility index (Phi) is 5.93. The lowest BCUT2D eigenvalue weighted by Crippen LogP contribution is -2.23. The minimum absolute atomic E-state index is 0.114. The highest BCUT2D eigenvalue weighted by molar-refractivity contribution is 8.18. The van der Waals surface area contributed by atoms with Gasteiger partial charge in [0.15, 0.2) is 11.8 Å². The molecule has 0 atom stereocenters. The van der Waals surface area contributed by atoms with E-state index < -0.39 is 0 Å². The van der Waals surface area contributed by atoms with E-state index in [1.807, 2.05) is 48.5 Å². The second kappa shape index (κ2) is 8.55. The summed E-state index contributed by atoms with van der Waals surface area (Å²) in [6.07, 6.45) is 1.76. The lowest BCUT2D eigenvalue weighted by atomic mass is 10.2. The number of para-hydroxylation sites is 2. The van der Waals surface area contributed by atoms with E-state index in [1.165, 1.54) is 16.7 Å². The molecule has 1 heterocycles. The lowest BCUT2D eigenvalue weighted by Gasteiger charge is -2.10. The number of benzene rings is 2. The van der Waals surface area contributed by atoms with Gasteiger partial charge in [0.1, 0.15) is 5.75 Å². The smallest absolute Gasteiger partial charge is 0.266 e. The number of ether oxygens (including phenoxy) is 1. The Balaban J connectivity index is 1.70. The highest BCUT2D eigenvalue weighted by atomic mass is 32.2.